The second-order valence-electron chi connectivity index (χ2n) is 4.56. The Morgan fingerprint density at radius 3 is 2.61 bits per heavy atom. The molecule has 1 aromatic rings. The number of hydrogen-bond acceptors (Lipinski definition) is 3. The summed E-state index contributed by atoms with van der Waals surface area (Å²) in [6.07, 6.45) is 2.29. The van der Waals surface area contributed by atoms with Gasteiger partial charge in [0.15, 0.2) is 0 Å². The number of rotatable bonds is 7. The van der Waals surface area contributed by atoms with Crippen molar-refractivity contribution >= 4 is 21.6 Å². The SMILES string of the molecule is CCCCN(CCO)c1ccc(C(C)N)c(Br)c1. The molecule has 4 heteroatoms. The first-order valence-corrected chi connectivity index (χ1v) is 7.30. The molecular weight excluding hydrogens is 292 g/mol. The van der Waals surface area contributed by atoms with Gasteiger partial charge in [-0.1, -0.05) is 35.3 Å². The Kier molecular flexibility index (Phi) is 6.68. The molecule has 0 aliphatic carbocycles. The maximum atomic E-state index is 9.14. The Hall–Kier alpha value is -0.580. The maximum Gasteiger partial charge on any atom is 0.0606 e. The van der Waals surface area contributed by atoms with Gasteiger partial charge in [-0.3, -0.25) is 0 Å². The lowest BCUT2D eigenvalue weighted by molar-refractivity contribution is 0.301. The first kappa shape index (κ1) is 15.5. The fourth-order valence-corrected chi connectivity index (χ4v) is 2.65. The number of halogens is 1. The summed E-state index contributed by atoms with van der Waals surface area (Å²) in [5.74, 6) is 0. The van der Waals surface area contributed by atoms with Gasteiger partial charge in [0.1, 0.15) is 0 Å². The standard InChI is InChI=1S/C14H23BrN2O/c1-3-4-7-17(8-9-18)12-5-6-13(11(2)16)14(15)10-12/h5-6,10-11,18H,3-4,7-9,16H2,1-2H3. The average Bonchev–Trinajstić information content (AvgIpc) is 2.33. The number of nitrogens with zero attached hydrogens (tertiary/aromatic N) is 1. The van der Waals surface area contributed by atoms with E-state index >= 15 is 0 Å². The van der Waals surface area contributed by atoms with Crippen molar-refractivity contribution in [2.24, 2.45) is 5.73 Å². The quantitative estimate of drug-likeness (QED) is 0.813. The molecule has 3 nitrogen and oxygen atoms in total. The predicted molar refractivity (Wildman–Crippen MR) is 81.0 cm³/mol. The molecule has 18 heavy (non-hydrogen) atoms. The Morgan fingerprint density at radius 2 is 2.11 bits per heavy atom. The van der Waals surface area contributed by atoms with Crippen molar-refractivity contribution in [3.05, 3.63) is 28.2 Å². The molecule has 0 saturated carbocycles. The molecule has 3 N–H and O–H groups in total. The summed E-state index contributed by atoms with van der Waals surface area (Å²) in [5.41, 5.74) is 8.14. The van der Waals surface area contributed by atoms with E-state index in [4.69, 9.17) is 10.8 Å². The smallest absolute Gasteiger partial charge is 0.0606 e. The van der Waals surface area contributed by atoms with Crippen LogP contribution in [0, 0.1) is 0 Å². The molecule has 0 amide bonds. The highest BCUT2D eigenvalue weighted by atomic mass is 79.9. The number of hydrogen-bond donors (Lipinski definition) is 2. The predicted octanol–water partition coefficient (Wildman–Crippen LogP) is 3.07. The van der Waals surface area contributed by atoms with Crippen LogP contribution in [0.15, 0.2) is 22.7 Å². The number of aliphatic hydroxyl groups is 1. The molecule has 0 spiro atoms. The first-order chi connectivity index (χ1) is 8.60. The minimum atomic E-state index is 0.0235. The summed E-state index contributed by atoms with van der Waals surface area (Å²) in [7, 11) is 0. The van der Waals surface area contributed by atoms with Gasteiger partial charge >= 0.3 is 0 Å². The lowest BCUT2D eigenvalue weighted by Crippen LogP contribution is -2.27. The third kappa shape index (κ3) is 4.26. The van der Waals surface area contributed by atoms with Crippen molar-refractivity contribution < 1.29 is 5.11 Å². The summed E-state index contributed by atoms with van der Waals surface area (Å²) in [4.78, 5) is 2.21. The minimum Gasteiger partial charge on any atom is -0.395 e. The number of aliphatic hydroxyl groups excluding tert-OH is 1. The van der Waals surface area contributed by atoms with Gasteiger partial charge in [-0.25, -0.2) is 0 Å². The van der Waals surface area contributed by atoms with Crippen LogP contribution in [0.25, 0.3) is 0 Å². The molecule has 0 saturated heterocycles. The van der Waals surface area contributed by atoms with Crippen LogP contribution in [0.5, 0.6) is 0 Å². The van der Waals surface area contributed by atoms with E-state index in [0.29, 0.717) is 6.54 Å². The molecule has 1 atom stereocenters. The highest BCUT2D eigenvalue weighted by Crippen LogP contribution is 2.27. The highest BCUT2D eigenvalue weighted by Gasteiger charge is 2.10. The van der Waals surface area contributed by atoms with E-state index in [0.717, 1.165) is 35.1 Å². The summed E-state index contributed by atoms with van der Waals surface area (Å²) in [5, 5.41) is 9.14. The highest BCUT2D eigenvalue weighted by molar-refractivity contribution is 9.10. The van der Waals surface area contributed by atoms with Crippen molar-refractivity contribution in [1.29, 1.82) is 0 Å². The molecule has 1 rings (SSSR count). The minimum absolute atomic E-state index is 0.0235. The third-order valence-electron chi connectivity index (χ3n) is 2.99. The van der Waals surface area contributed by atoms with E-state index in [9.17, 15) is 0 Å². The molecular formula is C14H23BrN2O. The van der Waals surface area contributed by atoms with Gasteiger partial charge in [-0.2, -0.15) is 0 Å². The molecule has 1 aromatic carbocycles. The summed E-state index contributed by atoms with van der Waals surface area (Å²) in [6, 6.07) is 6.24. The van der Waals surface area contributed by atoms with E-state index in [1.165, 1.54) is 0 Å². The first-order valence-electron chi connectivity index (χ1n) is 6.51. The lowest BCUT2D eigenvalue weighted by atomic mass is 10.1. The Balaban J connectivity index is 2.88. The normalized spacial score (nSPS) is 12.5. The fraction of sp³-hybridized carbons (Fsp3) is 0.571. The summed E-state index contributed by atoms with van der Waals surface area (Å²) < 4.78 is 1.04. The van der Waals surface area contributed by atoms with Gasteiger partial charge in [0.25, 0.3) is 0 Å². The third-order valence-corrected chi connectivity index (χ3v) is 3.68. The topological polar surface area (TPSA) is 49.5 Å². The van der Waals surface area contributed by atoms with Crippen LogP contribution in [-0.2, 0) is 0 Å². The Labute approximate surface area is 118 Å². The molecule has 102 valence electrons. The molecule has 0 radical (unpaired) electrons. The Bertz CT molecular complexity index is 369. The van der Waals surface area contributed by atoms with E-state index in [-0.39, 0.29) is 12.6 Å². The fourth-order valence-electron chi connectivity index (χ4n) is 1.92. The van der Waals surface area contributed by atoms with Gasteiger partial charge in [0.05, 0.1) is 6.61 Å². The number of unbranched alkanes of at least 4 members (excludes halogenated alkanes) is 1. The van der Waals surface area contributed by atoms with E-state index < -0.39 is 0 Å². The summed E-state index contributed by atoms with van der Waals surface area (Å²) in [6.45, 7) is 5.97. The maximum absolute atomic E-state index is 9.14. The van der Waals surface area contributed by atoms with Crippen molar-refractivity contribution in [2.45, 2.75) is 32.7 Å². The van der Waals surface area contributed by atoms with Crippen LogP contribution in [0.3, 0.4) is 0 Å². The zero-order chi connectivity index (χ0) is 13.5. The lowest BCUT2D eigenvalue weighted by Gasteiger charge is -2.25. The van der Waals surface area contributed by atoms with Crippen molar-refractivity contribution in [3.63, 3.8) is 0 Å². The van der Waals surface area contributed by atoms with Crippen molar-refractivity contribution in [2.75, 3.05) is 24.6 Å². The number of anilines is 1. The van der Waals surface area contributed by atoms with E-state index in [1.54, 1.807) is 0 Å². The molecule has 0 aromatic heterocycles. The van der Waals surface area contributed by atoms with E-state index in [2.05, 4.69) is 46.0 Å². The van der Waals surface area contributed by atoms with Crippen LogP contribution in [-0.4, -0.2) is 24.8 Å². The molecule has 0 bridgehead atoms. The summed E-state index contributed by atoms with van der Waals surface area (Å²) >= 11 is 3.57. The molecule has 1 unspecified atom stereocenters. The van der Waals surface area contributed by atoms with Crippen LogP contribution < -0.4 is 10.6 Å². The molecule has 0 fully saturated rings. The van der Waals surface area contributed by atoms with Crippen LogP contribution in [0.1, 0.15) is 38.3 Å². The zero-order valence-corrected chi connectivity index (χ0v) is 12.8. The van der Waals surface area contributed by atoms with Gasteiger partial charge in [-0.05, 0) is 31.0 Å². The average molecular weight is 315 g/mol. The largest absolute Gasteiger partial charge is 0.395 e. The van der Waals surface area contributed by atoms with Crippen LogP contribution >= 0.6 is 15.9 Å². The Morgan fingerprint density at radius 1 is 1.39 bits per heavy atom. The number of benzene rings is 1. The number of nitrogens with two attached hydrogens (primary N) is 1. The van der Waals surface area contributed by atoms with Crippen molar-refractivity contribution in [1.82, 2.24) is 0 Å². The van der Waals surface area contributed by atoms with Gasteiger partial charge < -0.3 is 15.7 Å². The molecule has 0 heterocycles. The molecule has 0 aliphatic rings. The van der Waals surface area contributed by atoms with Gasteiger partial charge in [0.2, 0.25) is 0 Å². The monoisotopic (exact) mass is 314 g/mol. The second kappa shape index (κ2) is 7.77. The zero-order valence-electron chi connectivity index (χ0n) is 11.2. The van der Waals surface area contributed by atoms with Crippen LogP contribution in [0.2, 0.25) is 0 Å². The molecule has 0 aliphatic heterocycles. The van der Waals surface area contributed by atoms with Crippen molar-refractivity contribution in [3.8, 4) is 0 Å². The van der Waals surface area contributed by atoms with Gasteiger partial charge in [-0.15, -0.1) is 0 Å². The second-order valence-corrected chi connectivity index (χ2v) is 5.41. The van der Waals surface area contributed by atoms with Crippen LogP contribution in [0.4, 0.5) is 5.69 Å². The van der Waals surface area contributed by atoms with E-state index in [1.807, 2.05) is 6.92 Å². The van der Waals surface area contributed by atoms with Gasteiger partial charge in [0, 0.05) is 29.3 Å².